The van der Waals surface area contributed by atoms with Crippen molar-refractivity contribution in [1.29, 1.82) is 0 Å². The fourth-order valence-electron chi connectivity index (χ4n) is 4.14. The maximum absolute atomic E-state index is 13.6. The molecule has 14 nitrogen and oxygen atoms in total. The summed E-state index contributed by atoms with van der Waals surface area (Å²) in [6, 6.07) is 13.7. The number of nitrogens with one attached hydrogen (secondary N) is 2. The van der Waals surface area contributed by atoms with Crippen molar-refractivity contribution in [2.24, 2.45) is 0 Å². The number of benzene rings is 2. The third-order valence-electron chi connectivity index (χ3n) is 6.68. The van der Waals surface area contributed by atoms with Gasteiger partial charge in [0, 0.05) is 53.0 Å². The Kier molecular flexibility index (Phi) is 11.0. The van der Waals surface area contributed by atoms with Crippen molar-refractivity contribution in [3.8, 4) is 16.9 Å². The average Bonchev–Trinajstić information content (AvgIpc) is 3.51. The number of amides is 1. The van der Waals surface area contributed by atoms with E-state index in [-0.39, 0.29) is 16.9 Å². The summed E-state index contributed by atoms with van der Waals surface area (Å²) in [6.07, 6.45) is -1.15. The van der Waals surface area contributed by atoms with Crippen molar-refractivity contribution in [2.45, 2.75) is 32.2 Å². The van der Waals surface area contributed by atoms with Crippen LogP contribution in [-0.2, 0) is 15.8 Å². The molecule has 5 aromatic rings. The Labute approximate surface area is 275 Å². The fourth-order valence-corrected chi connectivity index (χ4v) is 4.14. The van der Waals surface area contributed by atoms with Gasteiger partial charge in [0.2, 0.25) is 5.95 Å². The molecule has 0 aliphatic rings. The second kappa shape index (κ2) is 15.1. The molecular formula is C32H28F3N7O7. The van der Waals surface area contributed by atoms with Crippen LogP contribution in [0.1, 0.15) is 27.2 Å². The fraction of sp³-hybridized carbons (Fsp3) is 0.156. The van der Waals surface area contributed by atoms with Crippen LogP contribution < -0.4 is 10.6 Å². The monoisotopic (exact) mass is 679 g/mol. The Morgan fingerprint density at radius 3 is 2.20 bits per heavy atom. The van der Waals surface area contributed by atoms with Crippen LogP contribution in [0.25, 0.3) is 16.9 Å². The summed E-state index contributed by atoms with van der Waals surface area (Å²) in [5.41, 5.74) is 3.09. The second-order valence-corrected chi connectivity index (χ2v) is 10.4. The SMILES string of the molecule is Cc1cn(-c2cc(NC(=O)c3ccc(C)c(Nc4nccc(-c5cccnc5)n4)c3)cc(C(F)(F)F)c2)cn1.O=C(O)[C@H](O)[C@@H](O)C(=O)O. The topological polar surface area (TPSA) is 213 Å². The summed E-state index contributed by atoms with van der Waals surface area (Å²) in [4.78, 5) is 49.6. The summed E-state index contributed by atoms with van der Waals surface area (Å²) in [7, 11) is 0. The van der Waals surface area contributed by atoms with Gasteiger partial charge in [-0.1, -0.05) is 6.07 Å². The van der Waals surface area contributed by atoms with Crippen molar-refractivity contribution >= 4 is 35.2 Å². The van der Waals surface area contributed by atoms with Crippen molar-refractivity contribution < 1.29 is 48.0 Å². The smallest absolute Gasteiger partial charge is 0.416 e. The summed E-state index contributed by atoms with van der Waals surface area (Å²) < 4.78 is 42.3. The van der Waals surface area contributed by atoms with E-state index in [1.807, 2.05) is 13.0 Å². The second-order valence-electron chi connectivity index (χ2n) is 10.4. The van der Waals surface area contributed by atoms with Crippen LogP contribution in [0.2, 0.25) is 0 Å². The van der Waals surface area contributed by atoms with E-state index < -0.39 is 41.8 Å². The van der Waals surface area contributed by atoms with E-state index in [2.05, 4.69) is 30.6 Å². The van der Waals surface area contributed by atoms with E-state index in [1.165, 1.54) is 17.0 Å². The average molecular weight is 680 g/mol. The molecule has 6 N–H and O–H groups in total. The number of aryl methyl sites for hydroxylation is 2. The number of carboxylic acid groups (broad SMARTS) is 2. The lowest BCUT2D eigenvalue weighted by atomic mass is 10.1. The van der Waals surface area contributed by atoms with Gasteiger partial charge in [0.15, 0.2) is 12.2 Å². The number of carbonyl (C=O) groups excluding carboxylic acids is 1. The maximum Gasteiger partial charge on any atom is 0.416 e. The van der Waals surface area contributed by atoms with Crippen LogP contribution in [0.4, 0.5) is 30.5 Å². The number of anilines is 3. The number of aromatic nitrogens is 5. The lowest BCUT2D eigenvalue weighted by Gasteiger charge is -2.14. The molecule has 0 aliphatic heterocycles. The standard InChI is InChI=1S/C28H22F3N7O.C4H6O6/c1-17-5-6-19(10-25(17)37-27-33-9-7-24(36-27)20-4-3-8-32-14-20)26(39)35-22-11-21(28(29,30)31)12-23(13-22)38-15-18(2)34-16-38;5-1(3(7)8)2(6)4(9)10/h3-16H,1-2H3,(H,35,39)(H,33,36,37);1-2,5-6H,(H,7,8)(H,9,10)/t;1-,2-/m.1/s1. The van der Waals surface area contributed by atoms with Gasteiger partial charge >= 0.3 is 18.1 Å². The number of aliphatic hydroxyl groups is 2. The lowest BCUT2D eigenvalue weighted by molar-refractivity contribution is -0.165. The summed E-state index contributed by atoms with van der Waals surface area (Å²) in [6.45, 7) is 3.58. The summed E-state index contributed by atoms with van der Waals surface area (Å²) >= 11 is 0. The Hall–Kier alpha value is -6.20. The summed E-state index contributed by atoms with van der Waals surface area (Å²) in [5.74, 6) is -3.80. The lowest BCUT2D eigenvalue weighted by Crippen LogP contribution is -2.39. The third-order valence-corrected chi connectivity index (χ3v) is 6.68. The number of aliphatic carboxylic acids is 2. The number of carboxylic acids is 2. The molecule has 0 saturated carbocycles. The van der Waals surface area contributed by atoms with Crippen LogP contribution in [0.3, 0.4) is 0 Å². The minimum Gasteiger partial charge on any atom is -0.479 e. The molecule has 0 bridgehead atoms. The first kappa shape index (κ1) is 35.7. The minimum absolute atomic E-state index is 0.00114. The van der Waals surface area contributed by atoms with E-state index in [4.69, 9.17) is 20.4 Å². The number of hydrogen-bond donors (Lipinski definition) is 6. The maximum atomic E-state index is 13.6. The van der Waals surface area contributed by atoms with Crippen LogP contribution in [0.15, 0.2) is 85.7 Å². The van der Waals surface area contributed by atoms with Crippen LogP contribution in [0.5, 0.6) is 0 Å². The Morgan fingerprint density at radius 2 is 1.61 bits per heavy atom. The molecule has 49 heavy (non-hydrogen) atoms. The zero-order valence-corrected chi connectivity index (χ0v) is 25.6. The van der Waals surface area contributed by atoms with E-state index in [9.17, 15) is 27.6 Å². The predicted molar refractivity (Wildman–Crippen MR) is 168 cm³/mol. The number of halogens is 3. The van der Waals surface area contributed by atoms with Gasteiger partial charge in [0.25, 0.3) is 5.91 Å². The number of aliphatic hydroxyl groups excluding tert-OH is 2. The Balaban J connectivity index is 0.000000471. The first-order valence-corrected chi connectivity index (χ1v) is 14.1. The Bertz CT molecular complexity index is 1950. The van der Waals surface area contributed by atoms with Gasteiger partial charge in [0.1, 0.15) is 0 Å². The molecule has 3 heterocycles. The molecule has 0 spiro atoms. The van der Waals surface area contributed by atoms with Crippen molar-refractivity contribution in [2.75, 3.05) is 10.6 Å². The molecule has 2 aromatic carbocycles. The normalized spacial score (nSPS) is 12.2. The van der Waals surface area contributed by atoms with Gasteiger partial charge in [-0.3, -0.25) is 9.78 Å². The quantitative estimate of drug-likeness (QED) is 0.129. The van der Waals surface area contributed by atoms with Crippen LogP contribution in [-0.4, -0.2) is 75.0 Å². The molecule has 3 aromatic heterocycles. The van der Waals surface area contributed by atoms with Crippen molar-refractivity contribution in [1.82, 2.24) is 24.5 Å². The molecular weight excluding hydrogens is 651 g/mol. The van der Waals surface area contributed by atoms with Gasteiger partial charge in [-0.2, -0.15) is 13.2 Å². The number of carbonyl (C=O) groups is 3. The van der Waals surface area contributed by atoms with E-state index in [0.717, 1.165) is 23.3 Å². The van der Waals surface area contributed by atoms with Gasteiger partial charge in [-0.25, -0.2) is 24.5 Å². The molecule has 0 fully saturated rings. The summed E-state index contributed by atoms with van der Waals surface area (Å²) in [5, 5.41) is 38.2. The molecule has 0 unspecified atom stereocenters. The number of pyridine rings is 1. The molecule has 1 amide bonds. The first-order valence-electron chi connectivity index (χ1n) is 14.1. The molecule has 0 saturated heterocycles. The van der Waals surface area contributed by atoms with E-state index in [1.54, 1.807) is 62.0 Å². The van der Waals surface area contributed by atoms with Gasteiger partial charge < -0.3 is 35.6 Å². The van der Waals surface area contributed by atoms with Crippen LogP contribution >= 0.6 is 0 Å². The number of rotatable bonds is 9. The predicted octanol–water partition coefficient (Wildman–Crippen LogP) is 4.23. The molecule has 0 aliphatic carbocycles. The number of imidazole rings is 1. The highest BCUT2D eigenvalue weighted by molar-refractivity contribution is 6.05. The zero-order valence-electron chi connectivity index (χ0n) is 25.6. The molecule has 2 atom stereocenters. The molecule has 0 radical (unpaired) electrons. The van der Waals surface area contributed by atoms with Gasteiger partial charge in [0.05, 0.1) is 23.3 Å². The van der Waals surface area contributed by atoms with Crippen LogP contribution in [0, 0.1) is 13.8 Å². The van der Waals surface area contributed by atoms with E-state index >= 15 is 0 Å². The van der Waals surface area contributed by atoms with E-state index in [0.29, 0.717) is 23.0 Å². The zero-order chi connectivity index (χ0) is 35.9. The highest BCUT2D eigenvalue weighted by Crippen LogP contribution is 2.33. The largest absolute Gasteiger partial charge is 0.479 e. The Morgan fingerprint density at radius 1 is 0.898 bits per heavy atom. The molecule has 5 rings (SSSR count). The molecule has 254 valence electrons. The van der Waals surface area contributed by atoms with Gasteiger partial charge in [-0.05, 0) is 67.9 Å². The highest BCUT2D eigenvalue weighted by atomic mass is 19.4. The highest BCUT2D eigenvalue weighted by Gasteiger charge is 2.32. The third kappa shape index (κ3) is 9.43. The minimum atomic E-state index is -4.60. The first-order chi connectivity index (χ1) is 23.1. The van der Waals surface area contributed by atoms with Crippen molar-refractivity contribution in [3.05, 3.63) is 108 Å². The number of hydrogen-bond acceptors (Lipinski definition) is 10. The molecule has 17 heteroatoms. The van der Waals surface area contributed by atoms with Crippen molar-refractivity contribution in [3.63, 3.8) is 0 Å². The number of nitrogens with zero attached hydrogens (tertiary/aromatic N) is 5. The van der Waals surface area contributed by atoms with Gasteiger partial charge in [-0.15, -0.1) is 0 Å². The number of alkyl halides is 3.